The Balaban J connectivity index is 1.60. The quantitative estimate of drug-likeness (QED) is 0.530. The number of nitrogens with zero attached hydrogens (tertiary/aromatic N) is 4. The van der Waals surface area contributed by atoms with E-state index in [1.807, 2.05) is 32.9 Å². The average Bonchev–Trinajstić information content (AvgIpc) is 2.75. The summed E-state index contributed by atoms with van der Waals surface area (Å²) in [5.74, 6) is 0.745. The number of aliphatic hydroxyl groups is 1. The Bertz CT molecular complexity index is 1100. The molecule has 0 spiro atoms. The van der Waals surface area contributed by atoms with Crippen molar-refractivity contribution in [2.24, 2.45) is 5.92 Å². The van der Waals surface area contributed by atoms with E-state index in [1.165, 1.54) is 6.20 Å². The van der Waals surface area contributed by atoms with Crippen LogP contribution in [0.15, 0.2) is 36.7 Å². The third-order valence-corrected chi connectivity index (χ3v) is 6.16. The van der Waals surface area contributed by atoms with Gasteiger partial charge in [-0.1, -0.05) is 0 Å². The smallest absolute Gasteiger partial charge is 0.165 e. The van der Waals surface area contributed by atoms with Gasteiger partial charge < -0.3 is 20.6 Å². The Morgan fingerprint density at radius 2 is 1.84 bits per heavy atom. The zero-order chi connectivity index (χ0) is 22.9. The van der Waals surface area contributed by atoms with Crippen molar-refractivity contribution in [1.82, 2.24) is 19.9 Å². The minimum absolute atomic E-state index is 0.154. The second-order valence-corrected chi connectivity index (χ2v) is 9.16. The Hall–Kier alpha value is -2.84. The fourth-order valence-corrected chi connectivity index (χ4v) is 4.19. The van der Waals surface area contributed by atoms with Crippen LogP contribution in [-0.2, 0) is 5.60 Å². The summed E-state index contributed by atoms with van der Waals surface area (Å²) >= 11 is 0. The van der Waals surface area contributed by atoms with Crippen LogP contribution in [0.4, 0.5) is 21.7 Å². The summed E-state index contributed by atoms with van der Waals surface area (Å²) in [5, 5.41) is 18.4. The molecule has 7 nitrogen and oxygen atoms in total. The number of anilines is 3. The lowest BCUT2D eigenvalue weighted by Gasteiger charge is -2.38. The van der Waals surface area contributed by atoms with Crippen LogP contribution in [0.2, 0.25) is 0 Å². The molecule has 3 aromatic rings. The van der Waals surface area contributed by atoms with Crippen molar-refractivity contribution in [3.8, 4) is 0 Å². The van der Waals surface area contributed by atoms with E-state index in [2.05, 4.69) is 32.5 Å². The number of hydrogen-bond acceptors (Lipinski definition) is 7. The van der Waals surface area contributed by atoms with Crippen molar-refractivity contribution in [1.29, 1.82) is 0 Å². The van der Waals surface area contributed by atoms with Gasteiger partial charge >= 0.3 is 0 Å². The summed E-state index contributed by atoms with van der Waals surface area (Å²) < 4.78 is 14.3. The minimum atomic E-state index is -1.01. The molecule has 0 aliphatic carbocycles. The molecular formula is C24H31FN6O. The lowest BCUT2D eigenvalue weighted by Crippen LogP contribution is -2.41. The number of aromatic nitrogens is 3. The van der Waals surface area contributed by atoms with E-state index >= 15 is 0 Å². The molecule has 32 heavy (non-hydrogen) atoms. The molecule has 0 radical (unpaired) electrons. The fourth-order valence-electron chi connectivity index (χ4n) is 4.19. The van der Waals surface area contributed by atoms with E-state index in [9.17, 15) is 9.50 Å². The number of likely N-dealkylation sites (tertiary alicyclic amines) is 1. The summed E-state index contributed by atoms with van der Waals surface area (Å²) in [4.78, 5) is 15.5. The average molecular weight is 439 g/mol. The summed E-state index contributed by atoms with van der Waals surface area (Å²) in [6.45, 7) is 7.78. The number of piperidine rings is 1. The minimum Gasteiger partial charge on any atom is -0.384 e. The second-order valence-electron chi connectivity index (χ2n) is 9.16. The molecule has 0 saturated carbocycles. The number of nitrogens with one attached hydrogen (secondary N) is 2. The molecule has 1 fully saturated rings. The molecule has 4 rings (SSSR count). The Labute approximate surface area is 188 Å². The van der Waals surface area contributed by atoms with Gasteiger partial charge in [0.2, 0.25) is 0 Å². The first kappa shape index (κ1) is 22.4. The zero-order valence-electron chi connectivity index (χ0n) is 19.1. The largest absolute Gasteiger partial charge is 0.384 e. The van der Waals surface area contributed by atoms with E-state index < -0.39 is 11.4 Å². The molecule has 4 heterocycles. The first-order chi connectivity index (χ1) is 15.2. The highest BCUT2D eigenvalue weighted by Crippen LogP contribution is 2.36. The molecule has 1 atom stereocenters. The van der Waals surface area contributed by atoms with Crippen molar-refractivity contribution in [2.45, 2.75) is 45.3 Å². The van der Waals surface area contributed by atoms with Gasteiger partial charge in [0.15, 0.2) is 5.82 Å². The van der Waals surface area contributed by atoms with Crippen LogP contribution in [0.3, 0.4) is 0 Å². The van der Waals surface area contributed by atoms with Gasteiger partial charge in [0, 0.05) is 29.8 Å². The molecule has 0 bridgehead atoms. The lowest BCUT2D eigenvalue weighted by atomic mass is 9.79. The van der Waals surface area contributed by atoms with Crippen LogP contribution < -0.4 is 10.6 Å². The predicted octanol–water partition coefficient (Wildman–Crippen LogP) is 4.28. The highest BCUT2D eigenvalue weighted by Gasteiger charge is 2.36. The molecule has 0 amide bonds. The van der Waals surface area contributed by atoms with E-state index in [0.29, 0.717) is 22.8 Å². The van der Waals surface area contributed by atoms with Gasteiger partial charge in [0.05, 0.1) is 23.1 Å². The third-order valence-electron chi connectivity index (χ3n) is 6.16. The van der Waals surface area contributed by atoms with Crippen molar-refractivity contribution >= 4 is 28.2 Å². The molecule has 0 aromatic carbocycles. The first-order valence-electron chi connectivity index (χ1n) is 11.1. The summed E-state index contributed by atoms with van der Waals surface area (Å²) in [6.07, 6.45) is 4.75. The molecule has 3 N–H and O–H groups in total. The zero-order valence-corrected chi connectivity index (χ0v) is 19.1. The highest BCUT2D eigenvalue weighted by molar-refractivity contribution is 5.81. The number of hydrogen-bond donors (Lipinski definition) is 3. The van der Waals surface area contributed by atoms with Crippen LogP contribution >= 0.6 is 0 Å². The van der Waals surface area contributed by atoms with Crippen LogP contribution in [0.5, 0.6) is 0 Å². The molecule has 1 aliphatic heterocycles. The normalized spacial score (nSPS) is 17.5. The van der Waals surface area contributed by atoms with Gasteiger partial charge in [-0.05, 0) is 71.8 Å². The Morgan fingerprint density at radius 1 is 1.12 bits per heavy atom. The maximum Gasteiger partial charge on any atom is 0.165 e. The van der Waals surface area contributed by atoms with Crippen LogP contribution in [0.1, 0.15) is 39.3 Å². The van der Waals surface area contributed by atoms with Gasteiger partial charge in [0.25, 0.3) is 0 Å². The molecule has 1 saturated heterocycles. The fraction of sp³-hybridized carbons (Fsp3) is 0.458. The van der Waals surface area contributed by atoms with Crippen LogP contribution in [0, 0.1) is 11.7 Å². The summed E-state index contributed by atoms with van der Waals surface area (Å²) in [7, 11) is 2.11. The van der Waals surface area contributed by atoms with Gasteiger partial charge in [0.1, 0.15) is 17.2 Å². The first-order valence-corrected chi connectivity index (χ1v) is 11.1. The SMILES string of the molecule is CC(C)Nc1cc(Nc2cc3nc([C@](C)(O)C4CCN(C)CC4)ccc3cn2)c(F)cn1. The highest BCUT2D eigenvalue weighted by atomic mass is 19.1. The number of rotatable bonds is 6. The van der Waals surface area contributed by atoms with Gasteiger partial charge in [-0.3, -0.25) is 0 Å². The Kier molecular flexibility index (Phi) is 6.26. The van der Waals surface area contributed by atoms with Gasteiger partial charge in [-0.2, -0.15) is 0 Å². The third kappa shape index (κ3) is 4.81. The molecular weight excluding hydrogens is 407 g/mol. The standard InChI is InChI=1S/C24H31FN6O/c1-15(2)28-22-12-20(18(25)14-27-22)30-23-11-19-16(13-26-23)5-6-21(29-19)24(3,32)17-7-9-31(4)10-8-17/h5-6,11-15,17,32H,7-10H2,1-4H3,(H2,26,27,28,30)/t24-/m1/s1. The number of fused-ring (bicyclic) bond motifs is 1. The van der Waals surface area contributed by atoms with Crippen molar-refractivity contribution in [3.05, 3.63) is 48.2 Å². The summed E-state index contributed by atoms with van der Waals surface area (Å²) in [5.41, 5.74) is 0.615. The number of halogens is 1. The summed E-state index contributed by atoms with van der Waals surface area (Å²) in [6, 6.07) is 7.38. The van der Waals surface area contributed by atoms with E-state index in [1.54, 1.807) is 18.3 Å². The monoisotopic (exact) mass is 438 g/mol. The van der Waals surface area contributed by atoms with Crippen molar-refractivity contribution in [2.75, 3.05) is 30.8 Å². The molecule has 1 aliphatic rings. The van der Waals surface area contributed by atoms with E-state index in [4.69, 9.17) is 4.98 Å². The topological polar surface area (TPSA) is 86.2 Å². The molecule has 8 heteroatoms. The number of pyridine rings is 3. The van der Waals surface area contributed by atoms with E-state index in [0.717, 1.165) is 31.3 Å². The van der Waals surface area contributed by atoms with Gasteiger partial charge in [-0.15, -0.1) is 0 Å². The van der Waals surface area contributed by atoms with Crippen molar-refractivity contribution < 1.29 is 9.50 Å². The van der Waals surface area contributed by atoms with Crippen molar-refractivity contribution in [3.63, 3.8) is 0 Å². The van der Waals surface area contributed by atoms with Gasteiger partial charge in [-0.25, -0.2) is 19.3 Å². The lowest BCUT2D eigenvalue weighted by molar-refractivity contribution is -0.0334. The Morgan fingerprint density at radius 3 is 2.56 bits per heavy atom. The van der Waals surface area contributed by atoms with E-state index in [-0.39, 0.29) is 17.6 Å². The second kappa shape index (κ2) is 8.96. The predicted molar refractivity (Wildman–Crippen MR) is 126 cm³/mol. The van der Waals surface area contributed by atoms with Crippen LogP contribution in [-0.4, -0.2) is 51.1 Å². The maximum absolute atomic E-state index is 14.3. The molecule has 3 aromatic heterocycles. The maximum atomic E-state index is 14.3. The van der Waals surface area contributed by atoms with Crippen LogP contribution in [0.25, 0.3) is 10.9 Å². The molecule has 0 unspecified atom stereocenters. The molecule has 170 valence electrons.